The fourth-order valence-corrected chi connectivity index (χ4v) is 2.64. The molecule has 2 atom stereocenters. The van der Waals surface area contributed by atoms with E-state index in [0.717, 1.165) is 0 Å². The fourth-order valence-electron chi connectivity index (χ4n) is 2.64. The van der Waals surface area contributed by atoms with E-state index in [1.54, 1.807) is 6.92 Å². The maximum absolute atomic E-state index is 12.1. The van der Waals surface area contributed by atoms with Gasteiger partial charge in [0.05, 0.1) is 6.54 Å². The molecule has 4 amide bonds. The van der Waals surface area contributed by atoms with Crippen molar-refractivity contribution in [3.05, 3.63) is 0 Å². The van der Waals surface area contributed by atoms with Crippen molar-refractivity contribution < 1.29 is 24.3 Å². The second kappa shape index (κ2) is 5.10. The van der Waals surface area contributed by atoms with Gasteiger partial charge in [0.15, 0.2) is 0 Å². The monoisotopic (exact) mass is 283 g/mol. The molecule has 8 nitrogen and oxygen atoms in total. The maximum Gasteiger partial charge on any atom is 0.322 e. The lowest BCUT2D eigenvalue weighted by Gasteiger charge is -2.22. The molecule has 2 heterocycles. The molecule has 0 aliphatic carbocycles. The highest BCUT2D eigenvalue weighted by molar-refractivity contribution is 6.07. The van der Waals surface area contributed by atoms with Crippen LogP contribution in [-0.2, 0) is 14.4 Å². The zero-order chi connectivity index (χ0) is 14.9. The van der Waals surface area contributed by atoms with Gasteiger partial charge in [-0.2, -0.15) is 0 Å². The van der Waals surface area contributed by atoms with Crippen molar-refractivity contribution in [2.24, 2.45) is 5.92 Å². The zero-order valence-electron chi connectivity index (χ0n) is 11.1. The Labute approximate surface area is 115 Å². The first-order valence-electron chi connectivity index (χ1n) is 6.45. The van der Waals surface area contributed by atoms with Gasteiger partial charge in [0.1, 0.15) is 5.54 Å². The quantitative estimate of drug-likeness (QED) is 0.590. The fraction of sp³-hybridized carbons (Fsp3) is 0.667. The third kappa shape index (κ3) is 2.73. The Hall–Kier alpha value is -2.12. The summed E-state index contributed by atoms with van der Waals surface area (Å²) in [5.74, 6) is -1.80. The van der Waals surface area contributed by atoms with Gasteiger partial charge in [0.2, 0.25) is 5.91 Å². The van der Waals surface area contributed by atoms with E-state index in [2.05, 4.69) is 10.6 Å². The number of carbonyl (C=O) groups excluding carboxylic acids is 3. The molecular formula is C12H17N3O5. The topological polar surface area (TPSA) is 116 Å². The highest BCUT2D eigenvalue weighted by atomic mass is 16.4. The van der Waals surface area contributed by atoms with E-state index in [1.807, 2.05) is 0 Å². The molecular weight excluding hydrogens is 266 g/mol. The van der Waals surface area contributed by atoms with Crippen molar-refractivity contribution in [3.63, 3.8) is 0 Å². The van der Waals surface area contributed by atoms with Crippen molar-refractivity contribution in [1.29, 1.82) is 0 Å². The number of aliphatic carboxylic acids is 1. The molecule has 2 saturated heterocycles. The second-order valence-corrected chi connectivity index (χ2v) is 5.46. The van der Waals surface area contributed by atoms with Gasteiger partial charge in [-0.25, -0.2) is 4.79 Å². The van der Waals surface area contributed by atoms with Gasteiger partial charge in [-0.15, -0.1) is 0 Å². The molecule has 2 aliphatic rings. The first-order chi connectivity index (χ1) is 9.32. The van der Waals surface area contributed by atoms with Crippen molar-refractivity contribution >= 4 is 23.8 Å². The summed E-state index contributed by atoms with van der Waals surface area (Å²) in [6.07, 6.45) is 0.434. The number of carbonyl (C=O) groups is 4. The van der Waals surface area contributed by atoms with Gasteiger partial charge in [0, 0.05) is 19.4 Å². The molecule has 0 radical (unpaired) electrons. The number of urea groups is 1. The number of nitrogens with zero attached hydrogens (tertiary/aromatic N) is 1. The molecule has 0 aromatic carbocycles. The van der Waals surface area contributed by atoms with Crippen LogP contribution in [0.5, 0.6) is 0 Å². The van der Waals surface area contributed by atoms with Crippen LogP contribution >= 0.6 is 0 Å². The molecule has 2 unspecified atom stereocenters. The van der Waals surface area contributed by atoms with Crippen LogP contribution < -0.4 is 10.6 Å². The van der Waals surface area contributed by atoms with E-state index in [0.29, 0.717) is 13.0 Å². The smallest absolute Gasteiger partial charge is 0.322 e. The lowest BCUT2D eigenvalue weighted by molar-refractivity contribution is -0.138. The Morgan fingerprint density at radius 1 is 1.40 bits per heavy atom. The Bertz CT molecular complexity index is 478. The predicted molar refractivity (Wildman–Crippen MR) is 66.6 cm³/mol. The predicted octanol–water partition coefficient (Wildman–Crippen LogP) is -0.702. The average Bonchev–Trinajstić information content (AvgIpc) is 2.83. The van der Waals surface area contributed by atoms with Crippen molar-refractivity contribution in [3.8, 4) is 0 Å². The van der Waals surface area contributed by atoms with Gasteiger partial charge in [-0.1, -0.05) is 6.92 Å². The van der Waals surface area contributed by atoms with Crippen LogP contribution in [0, 0.1) is 5.92 Å². The molecule has 3 N–H and O–H groups in total. The first kappa shape index (κ1) is 14.3. The Kier molecular flexibility index (Phi) is 3.65. The summed E-state index contributed by atoms with van der Waals surface area (Å²) in [6, 6.07) is -0.538. The van der Waals surface area contributed by atoms with Crippen LogP contribution in [-0.4, -0.2) is 52.4 Å². The molecule has 2 aliphatic heterocycles. The number of carboxylic acid groups (broad SMARTS) is 1. The summed E-state index contributed by atoms with van der Waals surface area (Å²) in [7, 11) is 0. The van der Waals surface area contributed by atoms with Crippen LogP contribution in [0.2, 0.25) is 0 Å². The number of rotatable bonds is 4. The maximum atomic E-state index is 12.1. The lowest BCUT2D eigenvalue weighted by atomic mass is 9.99. The van der Waals surface area contributed by atoms with Crippen LogP contribution in [0.25, 0.3) is 0 Å². The number of likely N-dealkylation sites (tertiary alicyclic amines) is 1. The van der Waals surface area contributed by atoms with E-state index >= 15 is 0 Å². The summed E-state index contributed by atoms with van der Waals surface area (Å²) in [6.45, 7) is 2.22. The van der Waals surface area contributed by atoms with Crippen molar-refractivity contribution in [2.45, 2.75) is 31.7 Å². The van der Waals surface area contributed by atoms with E-state index < -0.39 is 23.4 Å². The molecule has 110 valence electrons. The minimum Gasteiger partial charge on any atom is -0.481 e. The standard InChI is InChI=1S/C12H17N3O5/c1-7(5-9(17)18)4-8(16)15-3-2-12(6-15)10(19)13-11(20)14-12/h7H,2-6H2,1H3,(H,17,18)(H2,13,14,19,20). The van der Waals surface area contributed by atoms with Crippen LogP contribution in [0.15, 0.2) is 0 Å². The molecule has 0 aromatic heterocycles. The van der Waals surface area contributed by atoms with Gasteiger partial charge in [0.25, 0.3) is 5.91 Å². The second-order valence-electron chi connectivity index (χ2n) is 5.46. The number of amides is 4. The van der Waals surface area contributed by atoms with E-state index in [4.69, 9.17) is 5.11 Å². The molecule has 8 heteroatoms. The Morgan fingerprint density at radius 3 is 2.65 bits per heavy atom. The van der Waals surface area contributed by atoms with Gasteiger partial charge in [-0.05, 0) is 12.3 Å². The molecule has 20 heavy (non-hydrogen) atoms. The summed E-state index contributed by atoms with van der Waals surface area (Å²) in [4.78, 5) is 47.0. The SMILES string of the molecule is CC(CC(=O)O)CC(=O)N1CCC2(C1)NC(=O)NC2=O. The van der Waals surface area contributed by atoms with E-state index in [9.17, 15) is 19.2 Å². The van der Waals surface area contributed by atoms with E-state index in [-0.39, 0.29) is 31.2 Å². The summed E-state index contributed by atoms with van der Waals surface area (Å²) < 4.78 is 0. The molecule has 2 rings (SSSR count). The number of hydrogen-bond donors (Lipinski definition) is 3. The Balaban J connectivity index is 1.92. The summed E-state index contributed by atoms with van der Waals surface area (Å²) in [5, 5.41) is 13.4. The summed E-state index contributed by atoms with van der Waals surface area (Å²) in [5.41, 5.74) is -1.01. The number of carboxylic acids is 1. The molecule has 0 bridgehead atoms. The normalized spacial score (nSPS) is 26.6. The van der Waals surface area contributed by atoms with Gasteiger partial charge < -0.3 is 15.3 Å². The van der Waals surface area contributed by atoms with Gasteiger partial charge in [-0.3, -0.25) is 19.7 Å². The highest BCUT2D eigenvalue weighted by Gasteiger charge is 2.51. The number of nitrogens with one attached hydrogen (secondary N) is 2. The van der Waals surface area contributed by atoms with Crippen LogP contribution in [0.4, 0.5) is 4.79 Å². The molecule has 2 fully saturated rings. The average molecular weight is 283 g/mol. The van der Waals surface area contributed by atoms with Crippen molar-refractivity contribution in [2.75, 3.05) is 13.1 Å². The molecule has 0 saturated carbocycles. The third-order valence-electron chi connectivity index (χ3n) is 3.68. The molecule has 0 aromatic rings. The number of imide groups is 1. The minimum atomic E-state index is -1.01. The minimum absolute atomic E-state index is 0.0675. The summed E-state index contributed by atoms with van der Waals surface area (Å²) >= 11 is 0. The third-order valence-corrected chi connectivity index (χ3v) is 3.68. The zero-order valence-corrected chi connectivity index (χ0v) is 11.1. The van der Waals surface area contributed by atoms with Crippen LogP contribution in [0.3, 0.4) is 0 Å². The lowest BCUT2D eigenvalue weighted by Crippen LogP contribution is -2.49. The van der Waals surface area contributed by atoms with E-state index in [1.165, 1.54) is 4.90 Å². The first-order valence-corrected chi connectivity index (χ1v) is 6.45. The highest BCUT2D eigenvalue weighted by Crippen LogP contribution is 2.25. The van der Waals surface area contributed by atoms with Crippen molar-refractivity contribution in [1.82, 2.24) is 15.5 Å². The Morgan fingerprint density at radius 2 is 2.10 bits per heavy atom. The largest absolute Gasteiger partial charge is 0.481 e. The van der Waals surface area contributed by atoms with Crippen LogP contribution in [0.1, 0.15) is 26.2 Å². The number of hydrogen-bond acceptors (Lipinski definition) is 4. The molecule has 1 spiro atoms. The van der Waals surface area contributed by atoms with Gasteiger partial charge >= 0.3 is 12.0 Å².